The second kappa shape index (κ2) is 5.34. The Labute approximate surface area is 83.7 Å². The summed E-state index contributed by atoms with van der Waals surface area (Å²) in [7, 11) is 1.63. The fourth-order valence-corrected chi connectivity index (χ4v) is 1.10. The van der Waals surface area contributed by atoms with Crippen molar-refractivity contribution in [2.24, 2.45) is 0 Å². The van der Waals surface area contributed by atoms with Crippen molar-refractivity contribution in [1.29, 1.82) is 0 Å². The van der Waals surface area contributed by atoms with E-state index in [0.29, 0.717) is 13.1 Å². The Morgan fingerprint density at radius 1 is 1.57 bits per heavy atom. The Morgan fingerprint density at radius 3 is 3.00 bits per heavy atom. The average Bonchev–Trinajstić information content (AvgIpc) is 2.20. The molecule has 0 fully saturated rings. The minimum Gasteiger partial charge on any atom is -0.358 e. The number of likely N-dealkylation sites (N-methyl/N-ethyl adjacent to an activating group) is 1. The summed E-state index contributed by atoms with van der Waals surface area (Å²) in [5.41, 5.74) is 2.31. The van der Waals surface area contributed by atoms with E-state index in [1.807, 2.05) is 19.2 Å². The molecule has 0 saturated carbocycles. The number of hydrogen-bond acceptors (Lipinski definition) is 3. The van der Waals surface area contributed by atoms with Crippen LogP contribution < -0.4 is 10.6 Å². The van der Waals surface area contributed by atoms with Gasteiger partial charge in [0.15, 0.2) is 0 Å². The number of carbonyl (C=O) groups is 1. The van der Waals surface area contributed by atoms with E-state index in [-0.39, 0.29) is 5.91 Å². The van der Waals surface area contributed by atoms with Crippen molar-refractivity contribution >= 4 is 5.91 Å². The summed E-state index contributed by atoms with van der Waals surface area (Å²) in [5, 5.41) is 5.61. The lowest BCUT2D eigenvalue weighted by Gasteiger charge is -2.06. The van der Waals surface area contributed by atoms with Crippen molar-refractivity contribution in [1.82, 2.24) is 15.6 Å². The normalized spacial score (nSPS) is 9.86. The highest BCUT2D eigenvalue weighted by atomic mass is 16.1. The Hall–Kier alpha value is -1.42. The van der Waals surface area contributed by atoms with Crippen LogP contribution in [-0.4, -0.2) is 24.5 Å². The van der Waals surface area contributed by atoms with Crippen LogP contribution in [0.1, 0.15) is 11.1 Å². The minimum absolute atomic E-state index is 0.00305. The van der Waals surface area contributed by atoms with Crippen molar-refractivity contribution in [2.45, 2.75) is 13.5 Å². The van der Waals surface area contributed by atoms with E-state index < -0.39 is 0 Å². The Bertz CT molecular complexity index is 312. The van der Waals surface area contributed by atoms with Gasteiger partial charge in [-0.3, -0.25) is 9.78 Å². The molecular formula is C10H15N3O. The second-order valence-electron chi connectivity index (χ2n) is 3.08. The second-order valence-corrected chi connectivity index (χ2v) is 3.08. The van der Waals surface area contributed by atoms with Gasteiger partial charge < -0.3 is 10.6 Å². The summed E-state index contributed by atoms with van der Waals surface area (Å²) < 4.78 is 0. The molecule has 1 aromatic rings. The number of hydrogen-bond donors (Lipinski definition) is 2. The van der Waals surface area contributed by atoms with Crippen LogP contribution in [0.25, 0.3) is 0 Å². The third-order valence-electron chi connectivity index (χ3n) is 2.02. The number of nitrogens with zero attached hydrogens (tertiary/aromatic N) is 1. The number of amides is 1. The molecule has 2 N–H and O–H groups in total. The van der Waals surface area contributed by atoms with Crippen molar-refractivity contribution in [2.75, 3.05) is 13.6 Å². The molecule has 1 rings (SSSR count). The van der Waals surface area contributed by atoms with Crippen molar-refractivity contribution in [3.63, 3.8) is 0 Å². The van der Waals surface area contributed by atoms with Crippen molar-refractivity contribution < 1.29 is 4.79 Å². The summed E-state index contributed by atoms with van der Waals surface area (Å²) in [5.74, 6) is -0.00305. The Morgan fingerprint density at radius 2 is 2.36 bits per heavy atom. The first-order valence-corrected chi connectivity index (χ1v) is 4.55. The molecule has 0 bridgehead atoms. The quantitative estimate of drug-likeness (QED) is 0.719. The molecule has 0 aliphatic carbocycles. The molecular weight excluding hydrogens is 178 g/mol. The maximum atomic E-state index is 10.9. The van der Waals surface area contributed by atoms with E-state index in [4.69, 9.17) is 0 Å². The zero-order valence-corrected chi connectivity index (χ0v) is 8.50. The number of aromatic nitrogens is 1. The van der Waals surface area contributed by atoms with Crippen LogP contribution >= 0.6 is 0 Å². The van der Waals surface area contributed by atoms with E-state index in [0.717, 1.165) is 5.56 Å². The molecule has 4 nitrogen and oxygen atoms in total. The fourth-order valence-electron chi connectivity index (χ4n) is 1.10. The first-order chi connectivity index (χ1) is 6.74. The summed E-state index contributed by atoms with van der Waals surface area (Å²) in [6.07, 6.45) is 3.57. The number of rotatable bonds is 4. The molecule has 0 atom stereocenters. The molecule has 0 radical (unpaired) electrons. The van der Waals surface area contributed by atoms with Crippen molar-refractivity contribution in [3.8, 4) is 0 Å². The molecule has 0 aliphatic heterocycles. The van der Waals surface area contributed by atoms with Crippen LogP contribution in [0.2, 0.25) is 0 Å². The molecule has 1 aromatic heterocycles. The van der Waals surface area contributed by atoms with Crippen LogP contribution in [0.4, 0.5) is 0 Å². The highest BCUT2D eigenvalue weighted by Gasteiger charge is 1.99. The number of pyridine rings is 1. The third-order valence-corrected chi connectivity index (χ3v) is 2.02. The number of carbonyl (C=O) groups excluding carboxylic acids is 1. The van der Waals surface area contributed by atoms with Gasteiger partial charge in [0, 0.05) is 26.0 Å². The first kappa shape index (κ1) is 10.7. The number of aryl methyl sites for hydroxylation is 1. The predicted molar refractivity (Wildman–Crippen MR) is 54.7 cm³/mol. The van der Waals surface area contributed by atoms with Gasteiger partial charge in [-0.05, 0) is 24.1 Å². The molecule has 0 spiro atoms. The molecule has 76 valence electrons. The van der Waals surface area contributed by atoms with Crippen LogP contribution in [0.15, 0.2) is 18.5 Å². The topological polar surface area (TPSA) is 54.0 Å². The average molecular weight is 193 g/mol. The van der Waals surface area contributed by atoms with E-state index in [2.05, 4.69) is 15.6 Å². The van der Waals surface area contributed by atoms with Gasteiger partial charge in [0.1, 0.15) is 0 Å². The number of nitrogens with one attached hydrogen (secondary N) is 2. The van der Waals surface area contributed by atoms with Crippen LogP contribution in [0, 0.1) is 6.92 Å². The third kappa shape index (κ3) is 3.14. The van der Waals surface area contributed by atoms with Gasteiger partial charge in [-0.1, -0.05) is 0 Å². The van der Waals surface area contributed by atoms with Gasteiger partial charge in [-0.2, -0.15) is 0 Å². The van der Waals surface area contributed by atoms with Gasteiger partial charge in [-0.25, -0.2) is 0 Å². The standard InChI is InChI=1S/C10H15N3O/c1-8-5-12-4-3-9(8)6-13-7-10(14)11-2/h3-5,13H,6-7H2,1-2H3,(H,11,14). The summed E-state index contributed by atoms with van der Waals surface area (Å²) in [6.45, 7) is 3.05. The summed E-state index contributed by atoms with van der Waals surface area (Å²) >= 11 is 0. The van der Waals surface area contributed by atoms with Gasteiger partial charge in [0.25, 0.3) is 0 Å². The largest absolute Gasteiger partial charge is 0.358 e. The molecule has 0 aliphatic rings. The highest BCUT2D eigenvalue weighted by Crippen LogP contribution is 2.03. The lowest BCUT2D eigenvalue weighted by molar-refractivity contribution is -0.119. The SMILES string of the molecule is CNC(=O)CNCc1ccncc1C. The maximum Gasteiger partial charge on any atom is 0.233 e. The monoisotopic (exact) mass is 193 g/mol. The smallest absolute Gasteiger partial charge is 0.233 e. The van der Waals surface area contributed by atoms with Gasteiger partial charge >= 0.3 is 0 Å². The van der Waals surface area contributed by atoms with E-state index in [1.54, 1.807) is 13.2 Å². The lowest BCUT2D eigenvalue weighted by Crippen LogP contribution is -2.31. The molecule has 0 aromatic carbocycles. The van der Waals surface area contributed by atoms with Crippen LogP contribution in [-0.2, 0) is 11.3 Å². The zero-order chi connectivity index (χ0) is 10.4. The van der Waals surface area contributed by atoms with Crippen molar-refractivity contribution in [3.05, 3.63) is 29.6 Å². The predicted octanol–water partition coefficient (Wildman–Crippen LogP) is 0.226. The molecule has 14 heavy (non-hydrogen) atoms. The maximum absolute atomic E-state index is 10.9. The molecule has 1 amide bonds. The highest BCUT2D eigenvalue weighted by molar-refractivity contribution is 5.77. The van der Waals surface area contributed by atoms with E-state index >= 15 is 0 Å². The van der Waals surface area contributed by atoms with Gasteiger partial charge in [-0.15, -0.1) is 0 Å². The summed E-state index contributed by atoms with van der Waals surface area (Å²) in [6, 6.07) is 1.95. The molecule has 4 heteroatoms. The fraction of sp³-hybridized carbons (Fsp3) is 0.400. The van der Waals surface area contributed by atoms with Gasteiger partial charge in [0.2, 0.25) is 5.91 Å². The minimum atomic E-state index is -0.00305. The van der Waals surface area contributed by atoms with Crippen LogP contribution in [0.3, 0.4) is 0 Å². The zero-order valence-electron chi connectivity index (χ0n) is 8.50. The molecule has 0 saturated heterocycles. The lowest BCUT2D eigenvalue weighted by atomic mass is 10.1. The molecule has 0 unspecified atom stereocenters. The Balaban J connectivity index is 2.39. The van der Waals surface area contributed by atoms with Crippen LogP contribution in [0.5, 0.6) is 0 Å². The van der Waals surface area contributed by atoms with E-state index in [1.165, 1.54) is 5.56 Å². The molecule has 1 heterocycles. The van der Waals surface area contributed by atoms with E-state index in [9.17, 15) is 4.79 Å². The first-order valence-electron chi connectivity index (χ1n) is 4.55. The van der Waals surface area contributed by atoms with Gasteiger partial charge in [0.05, 0.1) is 6.54 Å². The Kier molecular flexibility index (Phi) is 4.07. The summed E-state index contributed by atoms with van der Waals surface area (Å²) in [4.78, 5) is 14.9.